The lowest BCUT2D eigenvalue weighted by atomic mass is 9.94. The monoisotopic (exact) mass is 312 g/mol. The van der Waals surface area contributed by atoms with Crippen molar-refractivity contribution >= 4 is 11.7 Å². The number of ketones is 1. The van der Waals surface area contributed by atoms with Crippen molar-refractivity contribution in [1.29, 1.82) is 0 Å². The third-order valence-electron chi connectivity index (χ3n) is 4.81. The summed E-state index contributed by atoms with van der Waals surface area (Å²) < 4.78 is 0. The first-order chi connectivity index (χ1) is 11.0. The highest BCUT2D eigenvalue weighted by molar-refractivity contribution is 5.88. The zero-order valence-corrected chi connectivity index (χ0v) is 13.6. The number of nitrogens with zero attached hydrogens (tertiary/aromatic N) is 1. The third-order valence-corrected chi connectivity index (χ3v) is 4.81. The topological polar surface area (TPSA) is 63.4 Å². The van der Waals surface area contributed by atoms with Crippen molar-refractivity contribution in [2.75, 3.05) is 0 Å². The Morgan fingerprint density at radius 3 is 2.39 bits per heavy atom. The fourth-order valence-corrected chi connectivity index (χ4v) is 3.13. The number of fused-ring (bicyclic) bond motifs is 1. The molecule has 1 aromatic rings. The summed E-state index contributed by atoms with van der Waals surface area (Å²) >= 11 is 0. The Morgan fingerprint density at radius 1 is 1.26 bits per heavy atom. The number of carbonyl (C=O) groups is 2. The van der Waals surface area contributed by atoms with E-state index in [2.05, 4.69) is 12.1 Å². The van der Waals surface area contributed by atoms with Crippen molar-refractivity contribution in [2.45, 2.75) is 45.3 Å². The second kappa shape index (κ2) is 6.67. The van der Waals surface area contributed by atoms with Gasteiger partial charge in [0.2, 0.25) is 5.91 Å². The predicted octanol–water partition coefficient (Wildman–Crippen LogP) is 2.42. The van der Waals surface area contributed by atoms with Gasteiger partial charge in [-0.1, -0.05) is 30.3 Å². The Hall–Kier alpha value is -1.94. The molecular formula is C19H24N2O2. The van der Waals surface area contributed by atoms with Crippen LogP contribution in [0.15, 0.2) is 36.4 Å². The summed E-state index contributed by atoms with van der Waals surface area (Å²) in [5.41, 5.74) is 8.10. The van der Waals surface area contributed by atoms with Crippen molar-refractivity contribution in [3.05, 3.63) is 47.5 Å². The molecule has 2 aliphatic rings. The average molecular weight is 312 g/mol. The van der Waals surface area contributed by atoms with E-state index in [-0.39, 0.29) is 17.6 Å². The van der Waals surface area contributed by atoms with Gasteiger partial charge in [-0.2, -0.15) is 0 Å². The van der Waals surface area contributed by atoms with Gasteiger partial charge in [-0.05, 0) is 48.8 Å². The molecule has 1 aromatic carbocycles. The minimum absolute atomic E-state index is 0.0279. The van der Waals surface area contributed by atoms with Gasteiger partial charge in [0.25, 0.3) is 0 Å². The Balaban J connectivity index is 1.60. The van der Waals surface area contributed by atoms with Crippen molar-refractivity contribution in [3.8, 4) is 0 Å². The summed E-state index contributed by atoms with van der Waals surface area (Å²) in [6.45, 7) is 3.07. The van der Waals surface area contributed by atoms with E-state index in [1.54, 1.807) is 13.0 Å². The minimum Gasteiger partial charge on any atom is -0.330 e. The highest BCUT2D eigenvalue weighted by Crippen LogP contribution is 2.39. The number of amides is 1. The second-order valence-corrected chi connectivity index (χ2v) is 6.78. The van der Waals surface area contributed by atoms with Gasteiger partial charge in [0.1, 0.15) is 5.78 Å². The molecule has 0 bridgehead atoms. The molecule has 3 rings (SSSR count). The molecule has 4 heteroatoms. The van der Waals surface area contributed by atoms with E-state index in [1.807, 2.05) is 23.1 Å². The van der Waals surface area contributed by atoms with Crippen molar-refractivity contribution in [3.63, 3.8) is 0 Å². The molecule has 1 fully saturated rings. The van der Waals surface area contributed by atoms with Crippen molar-refractivity contribution in [2.24, 2.45) is 17.6 Å². The quantitative estimate of drug-likeness (QED) is 0.821. The van der Waals surface area contributed by atoms with Crippen LogP contribution >= 0.6 is 0 Å². The van der Waals surface area contributed by atoms with Crippen LogP contribution in [0, 0.1) is 11.8 Å². The molecule has 23 heavy (non-hydrogen) atoms. The first-order valence-electron chi connectivity index (χ1n) is 8.37. The van der Waals surface area contributed by atoms with Gasteiger partial charge < -0.3 is 10.6 Å². The molecule has 0 unspecified atom stereocenters. The van der Waals surface area contributed by atoms with Crippen LogP contribution in [0.5, 0.6) is 0 Å². The Labute approximate surface area is 137 Å². The smallest absolute Gasteiger partial charge is 0.246 e. The van der Waals surface area contributed by atoms with Crippen LogP contribution in [-0.2, 0) is 22.7 Å². The molecule has 1 heterocycles. The van der Waals surface area contributed by atoms with Crippen LogP contribution in [0.25, 0.3) is 0 Å². The first-order valence-corrected chi connectivity index (χ1v) is 8.37. The Morgan fingerprint density at radius 2 is 1.87 bits per heavy atom. The van der Waals surface area contributed by atoms with Gasteiger partial charge in [-0.3, -0.25) is 9.59 Å². The zero-order chi connectivity index (χ0) is 16.4. The van der Waals surface area contributed by atoms with E-state index in [0.717, 1.165) is 12.8 Å². The minimum atomic E-state index is -0.423. The summed E-state index contributed by atoms with van der Waals surface area (Å²) in [6, 6.07) is 7.73. The average Bonchev–Trinajstić information content (AvgIpc) is 3.28. The Kier molecular flexibility index (Phi) is 4.62. The fraction of sp³-hybridized carbons (Fsp3) is 0.474. The molecule has 1 amide bonds. The van der Waals surface area contributed by atoms with Crippen LogP contribution in [0.1, 0.15) is 37.3 Å². The van der Waals surface area contributed by atoms with Crippen LogP contribution in [0.3, 0.4) is 0 Å². The maximum Gasteiger partial charge on any atom is 0.246 e. The lowest BCUT2D eigenvalue weighted by Gasteiger charge is -2.15. The maximum atomic E-state index is 12.4. The molecule has 122 valence electrons. The van der Waals surface area contributed by atoms with E-state index < -0.39 is 6.04 Å². The zero-order valence-electron chi connectivity index (χ0n) is 13.6. The summed E-state index contributed by atoms with van der Waals surface area (Å²) in [4.78, 5) is 26.1. The third kappa shape index (κ3) is 3.88. The molecule has 4 nitrogen and oxygen atoms in total. The highest BCUT2D eigenvalue weighted by Gasteiger charge is 2.31. The van der Waals surface area contributed by atoms with E-state index >= 15 is 0 Å². The van der Waals surface area contributed by atoms with Crippen LogP contribution in [-0.4, -0.2) is 22.6 Å². The van der Waals surface area contributed by atoms with Crippen LogP contribution < -0.4 is 5.73 Å². The molecule has 1 aliphatic carbocycles. The fourth-order valence-electron chi connectivity index (χ4n) is 3.13. The van der Waals surface area contributed by atoms with Crippen molar-refractivity contribution in [1.82, 2.24) is 4.90 Å². The lowest BCUT2D eigenvalue weighted by Crippen LogP contribution is -2.28. The van der Waals surface area contributed by atoms with Gasteiger partial charge in [0.15, 0.2) is 0 Å². The molecule has 0 saturated heterocycles. The summed E-state index contributed by atoms with van der Waals surface area (Å²) in [5.74, 6) is 0.799. The molecule has 1 aliphatic heterocycles. The Bertz CT molecular complexity index is 607. The van der Waals surface area contributed by atoms with Gasteiger partial charge in [-0.25, -0.2) is 0 Å². The molecule has 0 aromatic heterocycles. The van der Waals surface area contributed by atoms with Gasteiger partial charge in [-0.15, -0.1) is 0 Å². The standard InChI is InChI=1S/C19H24N2O2/c1-13(20)18(22)10-15(14-6-7-14)8-9-19(23)21-11-16-4-2-3-5-17(16)12-21/h2-5,8-9,13-15H,6-7,10-12,20H2,1H3/b9-8+/t13-,15-/m0/s1. The summed E-state index contributed by atoms with van der Waals surface area (Å²) in [6.07, 6.45) is 6.33. The maximum absolute atomic E-state index is 12.4. The number of benzene rings is 1. The van der Waals surface area contributed by atoms with E-state index in [1.165, 1.54) is 11.1 Å². The predicted molar refractivity (Wildman–Crippen MR) is 89.3 cm³/mol. The summed E-state index contributed by atoms with van der Waals surface area (Å²) in [7, 11) is 0. The number of rotatable bonds is 6. The molecule has 0 spiro atoms. The molecule has 1 saturated carbocycles. The number of allylic oxidation sites excluding steroid dienone is 1. The molecular weight excluding hydrogens is 288 g/mol. The SMILES string of the molecule is C[C@H](N)C(=O)C[C@H](/C=C/C(=O)N1Cc2ccccc2C1)C1CC1. The highest BCUT2D eigenvalue weighted by atomic mass is 16.2. The summed E-state index contributed by atoms with van der Waals surface area (Å²) in [5, 5.41) is 0. The number of hydrogen-bond acceptors (Lipinski definition) is 3. The molecule has 2 atom stereocenters. The van der Waals surface area contributed by atoms with Gasteiger partial charge in [0, 0.05) is 19.5 Å². The first kappa shape index (κ1) is 15.9. The largest absolute Gasteiger partial charge is 0.330 e. The van der Waals surface area contributed by atoms with Crippen LogP contribution in [0.4, 0.5) is 0 Å². The van der Waals surface area contributed by atoms with E-state index in [9.17, 15) is 9.59 Å². The van der Waals surface area contributed by atoms with E-state index in [4.69, 9.17) is 5.73 Å². The lowest BCUT2D eigenvalue weighted by molar-refractivity contribution is -0.126. The molecule has 2 N–H and O–H groups in total. The van der Waals surface area contributed by atoms with Gasteiger partial charge >= 0.3 is 0 Å². The second-order valence-electron chi connectivity index (χ2n) is 6.78. The number of carbonyl (C=O) groups excluding carboxylic acids is 2. The van der Waals surface area contributed by atoms with Crippen LogP contribution in [0.2, 0.25) is 0 Å². The van der Waals surface area contributed by atoms with E-state index in [0.29, 0.717) is 25.4 Å². The number of hydrogen-bond donors (Lipinski definition) is 1. The number of nitrogens with two attached hydrogens (primary N) is 1. The number of Topliss-reactive ketones (excluding diaryl/α,β-unsaturated/α-hetero) is 1. The normalized spacial score (nSPS) is 19.7. The molecule has 0 radical (unpaired) electrons. The van der Waals surface area contributed by atoms with Gasteiger partial charge in [0.05, 0.1) is 6.04 Å². The van der Waals surface area contributed by atoms with Crippen molar-refractivity contribution < 1.29 is 9.59 Å².